The number of piperidine rings is 1. The third-order valence-corrected chi connectivity index (χ3v) is 8.91. The first-order valence-electron chi connectivity index (χ1n) is 14.2. The van der Waals surface area contributed by atoms with E-state index in [9.17, 15) is 23.1 Å². The number of ether oxygens (including phenoxy) is 1. The molecule has 3 aliphatic rings. The standard InChI is InChI=1S/C30H38F3N3O3/c31-30(32,33)29(13-1-2-14-29)21-35-16-11-22(12-17-35)20-39-27-10-9-25(18-34-27)23-5-7-24(8-6-23)28(38)36-15-3-4-26(36)19-37/h5-10,18,22,26,37H,1-4,11-17,19-21H2/t26-/m1/s1. The highest BCUT2D eigenvalue weighted by Crippen LogP contribution is 2.51. The molecule has 2 aromatic rings. The fourth-order valence-corrected chi connectivity index (χ4v) is 6.43. The van der Waals surface area contributed by atoms with Crippen molar-refractivity contribution in [2.24, 2.45) is 11.3 Å². The highest BCUT2D eigenvalue weighted by Gasteiger charge is 2.56. The van der Waals surface area contributed by atoms with Gasteiger partial charge in [-0.3, -0.25) is 4.79 Å². The molecular formula is C30H38F3N3O3. The Morgan fingerprint density at radius 2 is 1.67 bits per heavy atom. The number of hydrogen-bond donors (Lipinski definition) is 1. The van der Waals surface area contributed by atoms with E-state index >= 15 is 0 Å². The van der Waals surface area contributed by atoms with Crippen LogP contribution in [0.25, 0.3) is 11.1 Å². The molecule has 3 fully saturated rings. The van der Waals surface area contributed by atoms with E-state index in [0.717, 1.165) is 36.8 Å². The van der Waals surface area contributed by atoms with Crippen LogP contribution in [-0.4, -0.2) is 77.4 Å². The molecule has 3 heterocycles. The normalized spacial score (nSPS) is 22.4. The lowest BCUT2D eigenvalue weighted by Gasteiger charge is -2.40. The van der Waals surface area contributed by atoms with Crippen LogP contribution in [0.5, 0.6) is 5.88 Å². The van der Waals surface area contributed by atoms with Crippen LogP contribution in [0.2, 0.25) is 0 Å². The molecule has 1 amide bonds. The molecule has 0 bridgehead atoms. The number of rotatable bonds is 8. The SMILES string of the molecule is O=C(c1ccc(-c2ccc(OCC3CCN(CC4(C(F)(F)F)CCCC4)CC3)nc2)cc1)N1CCC[C@@H]1CO. The second kappa shape index (κ2) is 11.8. The zero-order chi connectivity index (χ0) is 27.5. The van der Waals surface area contributed by atoms with E-state index in [-0.39, 0.29) is 37.9 Å². The maximum atomic E-state index is 13.7. The van der Waals surface area contributed by atoms with Crippen molar-refractivity contribution in [3.05, 3.63) is 48.2 Å². The first kappa shape index (κ1) is 27.9. The van der Waals surface area contributed by atoms with E-state index in [4.69, 9.17) is 4.74 Å². The number of nitrogens with zero attached hydrogens (tertiary/aromatic N) is 3. The predicted molar refractivity (Wildman–Crippen MR) is 142 cm³/mol. The van der Waals surface area contributed by atoms with Gasteiger partial charge in [0.25, 0.3) is 5.91 Å². The lowest BCUT2D eigenvalue weighted by atomic mass is 9.83. The van der Waals surface area contributed by atoms with E-state index in [1.165, 1.54) is 0 Å². The summed E-state index contributed by atoms with van der Waals surface area (Å²) >= 11 is 0. The molecule has 1 aromatic heterocycles. The van der Waals surface area contributed by atoms with Crippen molar-refractivity contribution in [1.82, 2.24) is 14.8 Å². The molecule has 0 radical (unpaired) electrons. The molecule has 5 rings (SSSR count). The monoisotopic (exact) mass is 545 g/mol. The number of carbonyl (C=O) groups is 1. The van der Waals surface area contributed by atoms with Gasteiger partial charge in [0.1, 0.15) is 0 Å². The van der Waals surface area contributed by atoms with E-state index in [0.29, 0.717) is 56.4 Å². The Labute approximate surface area is 228 Å². The fraction of sp³-hybridized carbons (Fsp3) is 0.600. The summed E-state index contributed by atoms with van der Waals surface area (Å²) in [7, 11) is 0. The van der Waals surface area contributed by atoms with Crippen LogP contribution >= 0.6 is 0 Å². The number of hydrogen-bond acceptors (Lipinski definition) is 5. The van der Waals surface area contributed by atoms with Gasteiger partial charge >= 0.3 is 6.18 Å². The first-order valence-corrected chi connectivity index (χ1v) is 14.2. The highest BCUT2D eigenvalue weighted by molar-refractivity contribution is 5.95. The molecule has 1 aliphatic carbocycles. The number of alkyl halides is 3. The van der Waals surface area contributed by atoms with Crippen molar-refractivity contribution in [3.8, 4) is 17.0 Å². The Balaban J connectivity index is 1.09. The fourth-order valence-electron chi connectivity index (χ4n) is 6.43. The average molecular weight is 546 g/mol. The number of halogens is 3. The molecule has 2 saturated heterocycles. The maximum absolute atomic E-state index is 13.7. The van der Waals surface area contributed by atoms with Gasteiger partial charge in [-0.2, -0.15) is 13.2 Å². The minimum atomic E-state index is -4.13. The summed E-state index contributed by atoms with van der Waals surface area (Å²) in [6.45, 7) is 2.65. The number of aliphatic hydroxyl groups excluding tert-OH is 1. The molecule has 2 aliphatic heterocycles. The second-order valence-electron chi connectivity index (χ2n) is 11.5. The van der Waals surface area contributed by atoms with Gasteiger partial charge < -0.3 is 19.6 Å². The van der Waals surface area contributed by atoms with E-state index in [2.05, 4.69) is 4.98 Å². The maximum Gasteiger partial charge on any atom is 0.395 e. The largest absolute Gasteiger partial charge is 0.477 e. The summed E-state index contributed by atoms with van der Waals surface area (Å²) in [4.78, 5) is 21.0. The van der Waals surface area contributed by atoms with Crippen LogP contribution < -0.4 is 4.74 Å². The Morgan fingerprint density at radius 3 is 2.28 bits per heavy atom. The van der Waals surface area contributed by atoms with Gasteiger partial charge in [-0.25, -0.2) is 4.98 Å². The van der Waals surface area contributed by atoms with E-state index in [1.54, 1.807) is 11.1 Å². The Hall–Kier alpha value is -2.65. The summed E-state index contributed by atoms with van der Waals surface area (Å²) in [6, 6.07) is 11.1. The van der Waals surface area contributed by atoms with Crippen LogP contribution in [0.3, 0.4) is 0 Å². The number of pyridine rings is 1. The number of likely N-dealkylation sites (tertiary alicyclic amines) is 2. The Bertz CT molecular complexity index is 1090. The van der Waals surface area contributed by atoms with Crippen LogP contribution in [0.15, 0.2) is 42.6 Å². The van der Waals surface area contributed by atoms with Gasteiger partial charge in [0.2, 0.25) is 5.88 Å². The van der Waals surface area contributed by atoms with Crippen molar-refractivity contribution in [2.75, 3.05) is 39.4 Å². The lowest BCUT2D eigenvalue weighted by molar-refractivity contribution is -0.228. The topological polar surface area (TPSA) is 65.9 Å². The van der Waals surface area contributed by atoms with Gasteiger partial charge in [-0.1, -0.05) is 25.0 Å². The van der Waals surface area contributed by atoms with Crippen molar-refractivity contribution < 1.29 is 27.8 Å². The minimum absolute atomic E-state index is 0.00824. The molecule has 1 atom stereocenters. The van der Waals surface area contributed by atoms with Crippen molar-refractivity contribution in [2.45, 2.75) is 63.6 Å². The van der Waals surface area contributed by atoms with Crippen LogP contribution in [0.1, 0.15) is 61.7 Å². The minimum Gasteiger partial charge on any atom is -0.477 e. The van der Waals surface area contributed by atoms with Crippen molar-refractivity contribution in [1.29, 1.82) is 0 Å². The number of benzene rings is 1. The molecule has 212 valence electrons. The van der Waals surface area contributed by atoms with Crippen LogP contribution in [0, 0.1) is 11.3 Å². The molecule has 39 heavy (non-hydrogen) atoms. The average Bonchev–Trinajstić information content (AvgIpc) is 3.63. The molecule has 1 N–H and O–H groups in total. The predicted octanol–water partition coefficient (Wildman–Crippen LogP) is 5.56. The third kappa shape index (κ3) is 6.24. The van der Waals surface area contributed by atoms with Gasteiger partial charge in [-0.15, -0.1) is 0 Å². The van der Waals surface area contributed by atoms with Crippen LogP contribution in [-0.2, 0) is 0 Å². The highest BCUT2D eigenvalue weighted by atomic mass is 19.4. The quantitative estimate of drug-likeness (QED) is 0.471. The Morgan fingerprint density at radius 1 is 0.974 bits per heavy atom. The molecular weight excluding hydrogens is 507 g/mol. The lowest BCUT2D eigenvalue weighted by Crippen LogP contribution is -2.48. The summed E-state index contributed by atoms with van der Waals surface area (Å²) in [5, 5.41) is 9.50. The van der Waals surface area contributed by atoms with Crippen LogP contribution in [0.4, 0.5) is 13.2 Å². The zero-order valence-corrected chi connectivity index (χ0v) is 22.3. The Kier molecular flexibility index (Phi) is 8.47. The van der Waals surface area contributed by atoms with Gasteiger partial charge in [-0.05, 0) is 81.3 Å². The molecule has 1 aromatic carbocycles. The molecule has 9 heteroatoms. The van der Waals surface area contributed by atoms with E-state index in [1.807, 2.05) is 41.3 Å². The second-order valence-corrected chi connectivity index (χ2v) is 11.5. The van der Waals surface area contributed by atoms with Crippen molar-refractivity contribution >= 4 is 5.91 Å². The molecule has 0 spiro atoms. The summed E-state index contributed by atoms with van der Waals surface area (Å²) in [6.07, 6.45) is 2.88. The number of carbonyl (C=O) groups excluding carboxylic acids is 1. The molecule has 0 unspecified atom stereocenters. The third-order valence-electron chi connectivity index (χ3n) is 8.91. The molecule has 6 nitrogen and oxygen atoms in total. The number of aliphatic hydroxyl groups is 1. The van der Waals surface area contributed by atoms with Gasteiger partial charge in [0.05, 0.1) is 24.7 Å². The summed E-state index contributed by atoms with van der Waals surface area (Å²) in [5.74, 6) is 0.780. The van der Waals surface area contributed by atoms with Gasteiger partial charge in [0, 0.05) is 36.5 Å². The van der Waals surface area contributed by atoms with Gasteiger partial charge in [0.15, 0.2) is 0 Å². The zero-order valence-electron chi connectivity index (χ0n) is 22.3. The summed E-state index contributed by atoms with van der Waals surface area (Å²) < 4.78 is 47.2. The first-order chi connectivity index (χ1) is 18.8. The number of amides is 1. The summed E-state index contributed by atoms with van der Waals surface area (Å²) in [5.41, 5.74) is 0.941. The molecule has 1 saturated carbocycles. The number of aromatic nitrogens is 1. The van der Waals surface area contributed by atoms with E-state index < -0.39 is 11.6 Å². The smallest absolute Gasteiger partial charge is 0.395 e. The van der Waals surface area contributed by atoms with Crippen molar-refractivity contribution in [3.63, 3.8) is 0 Å².